The summed E-state index contributed by atoms with van der Waals surface area (Å²) >= 11 is 0. The van der Waals surface area contributed by atoms with Gasteiger partial charge in [-0.1, -0.05) is 30.4 Å². The Kier molecular flexibility index (Phi) is 2.56. The van der Waals surface area contributed by atoms with Crippen molar-refractivity contribution in [1.29, 1.82) is 0 Å². The van der Waals surface area contributed by atoms with Crippen LogP contribution >= 0.6 is 0 Å². The molecule has 0 aliphatic rings. The van der Waals surface area contributed by atoms with Gasteiger partial charge >= 0.3 is 0 Å². The van der Waals surface area contributed by atoms with Gasteiger partial charge in [-0.2, -0.15) is 0 Å². The van der Waals surface area contributed by atoms with Crippen molar-refractivity contribution >= 4 is 17.0 Å². The van der Waals surface area contributed by atoms with Gasteiger partial charge in [0, 0.05) is 11.6 Å². The van der Waals surface area contributed by atoms with Crippen LogP contribution in [0.3, 0.4) is 0 Å². The Bertz CT molecular complexity index is 457. The topological polar surface area (TPSA) is 33.1 Å². The van der Waals surface area contributed by atoms with Crippen molar-refractivity contribution < 1.29 is 5.11 Å². The molecule has 14 heavy (non-hydrogen) atoms. The monoisotopic (exact) mass is 185 g/mol. The molecule has 2 heteroatoms. The van der Waals surface area contributed by atoms with Gasteiger partial charge < -0.3 is 5.11 Å². The largest absolute Gasteiger partial charge is 0.392 e. The number of aromatic nitrogens is 1. The lowest BCUT2D eigenvalue weighted by Gasteiger charge is -1.99. The van der Waals surface area contributed by atoms with E-state index in [1.54, 1.807) is 12.3 Å². The standard InChI is InChI=1S/C12H11NO/c14-9-3-5-10-4-1-7-12-11(10)6-2-8-13-12/h1-8,14H,9H2/b5-3+. The molecule has 1 aromatic carbocycles. The van der Waals surface area contributed by atoms with E-state index >= 15 is 0 Å². The molecule has 0 aliphatic carbocycles. The van der Waals surface area contributed by atoms with E-state index in [0.717, 1.165) is 16.5 Å². The lowest BCUT2D eigenvalue weighted by molar-refractivity contribution is 0.343. The van der Waals surface area contributed by atoms with Crippen LogP contribution in [-0.4, -0.2) is 16.7 Å². The summed E-state index contributed by atoms with van der Waals surface area (Å²) in [6.07, 6.45) is 5.41. The van der Waals surface area contributed by atoms with Crippen molar-refractivity contribution in [2.45, 2.75) is 0 Å². The number of hydrogen-bond donors (Lipinski definition) is 1. The first-order valence-corrected chi connectivity index (χ1v) is 4.53. The molecule has 0 radical (unpaired) electrons. The minimum Gasteiger partial charge on any atom is -0.392 e. The molecule has 70 valence electrons. The number of fused-ring (bicyclic) bond motifs is 1. The first-order valence-electron chi connectivity index (χ1n) is 4.53. The van der Waals surface area contributed by atoms with Crippen molar-refractivity contribution in [2.75, 3.05) is 6.61 Å². The van der Waals surface area contributed by atoms with Crippen molar-refractivity contribution in [2.24, 2.45) is 0 Å². The van der Waals surface area contributed by atoms with Gasteiger partial charge in [-0.25, -0.2) is 0 Å². The SMILES string of the molecule is OC/C=C/c1cccc2ncccc12. The maximum Gasteiger partial charge on any atom is 0.0707 e. The molecule has 2 nitrogen and oxygen atoms in total. The van der Waals surface area contributed by atoms with Crippen LogP contribution in [0.5, 0.6) is 0 Å². The van der Waals surface area contributed by atoms with E-state index in [1.165, 1.54) is 0 Å². The number of hydrogen-bond acceptors (Lipinski definition) is 2. The smallest absolute Gasteiger partial charge is 0.0707 e. The summed E-state index contributed by atoms with van der Waals surface area (Å²) in [4.78, 5) is 4.25. The molecule has 0 spiro atoms. The average molecular weight is 185 g/mol. The van der Waals surface area contributed by atoms with Crippen LogP contribution in [0.1, 0.15) is 5.56 Å². The fourth-order valence-electron chi connectivity index (χ4n) is 1.45. The summed E-state index contributed by atoms with van der Waals surface area (Å²) < 4.78 is 0. The van der Waals surface area contributed by atoms with E-state index in [9.17, 15) is 0 Å². The molecule has 0 atom stereocenters. The average Bonchev–Trinajstić information content (AvgIpc) is 2.26. The highest BCUT2D eigenvalue weighted by Gasteiger charge is 1.96. The molecule has 1 heterocycles. The second kappa shape index (κ2) is 4.03. The lowest BCUT2D eigenvalue weighted by atomic mass is 10.1. The van der Waals surface area contributed by atoms with Gasteiger partial charge in [0.2, 0.25) is 0 Å². The highest BCUT2D eigenvalue weighted by molar-refractivity contribution is 5.87. The van der Waals surface area contributed by atoms with Crippen molar-refractivity contribution in [3.05, 3.63) is 48.2 Å². The number of aliphatic hydroxyl groups is 1. The minimum atomic E-state index is 0.0661. The van der Waals surface area contributed by atoms with Gasteiger partial charge in [-0.3, -0.25) is 4.98 Å². The van der Waals surface area contributed by atoms with Gasteiger partial charge in [0.25, 0.3) is 0 Å². The van der Waals surface area contributed by atoms with E-state index in [2.05, 4.69) is 4.98 Å². The predicted molar refractivity (Wildman–Crippen MR) is 57.9 cm³/mol. The number of rotatable bonds is 2. The predicted octanol–water partition coefficient (Wildman–Crippen LogP) is 2.24. The Hall–Kier alpha value is -1.67. The molecule has 0 amide bonds. The summed E-state index contributed by atoms with van der Waals surface area (Å²) in [6.45, 7) is 0.0661. The van der Waals surface area contributed by atoms with Gasteiger partial charge in [-0.15, -0.1) is 0 Å². The third-order valence-corrected chi connectivity index (χ3v) is 2.08. The van der Waals surface area contributed by atoms with Crippen LogP contribution in [0.25, 0.3) is 17.0 Å². The van der Waals surface area contributed by atoms with Gasteiger partial charge in [-0.05, 0) is 17.7 Å². The summed E-state index contributed by atoms with van der Waals surface area (Å²) in [5.74, 6) is 0. The van der Waals surface area contributed by atoms with Crippen molar-refractivity contribution in [3.63, 3.8) is 0 Å². The third kappa shape index (κ3) is 1.65. The van der Waals surface area contributed by atoms with E-state index in [-0.39, 0.29) is 6.61 Å². The van der Waals surface area contributed by atoms with Gasteiger partial charge in [0.1, 0.15) is 0 Å². The first-order chi connectivity index (χ1) is 6.92. The fourth-order valence-corrected chi connectivity index (χ4v) is 1.45. The van der Waals surface area contributed by atoms with Crippen molar-refractivity contribution in [1.82, 2.24) is 4.98 Å². The quantitative estimate of drug-likeness (QED) is 0.778. The Morgan fingerprint density at radius 3 is 3.00 bits per heavy atom. The van der Waals surface area contributed by atoms with E-state index in [4.69, 9.17) is 5.11 Å². The molecular formula is C12H11NO. The van der Waals surface area contributed by atoms with Crippen LogP contribution in [-0.2, 0) is 0 Å². The maximum absolute atomic E-state index is 8.70. The number of aliphatic hydroxyl groups excluding tert-OH is 1. The highest BCUT2D eigenvalue weighted by atomic mass is 16.2. The number of nitrogens with zero attached hydrogens (tertiary/aromatic N) is 1. The van der Waals surface area contributed by atoms with Crippen LogP contribution < -0.4 is 0 Å². The molecule has 0 saturated heterocycles. The van der Waals surface area contributed by atoms with Gasteiger partial charge in [0.05, 0.1) is 12.1 Å². The molecule has 0 bridgehead atoms. The zero-order valence-corrected chi connectivity index (χ0v) is 7.72. The number of pyridine rings is 1. The molecular weight excluding hydrogens is 174 g/mol. The summed E-state index contributed by atoms with van der Waals surface area (Å²) in [5, 5.41) is 9.81. The highest BCUT2D eigenvalue weighted by Crippen LogP contribution is 2.17. The molecule has 2 aromatic rings. The summed E-state index contributed by atoms with van der Waals surface area (Å²) in [7, 11) is 0. The van der Waals surface area contributed by atoms with E-state index < -0.39 is 0 Å². The van der Waals surface area contributed by atoms with E-state index in [1.807, 2.05) is 36.4 Å². The molecule has 0 aliphatic heterocycles. The first kappa shape index (κ1) is 8.91. The normalized spacial score (nSPS) is 11.2. The molecule has 0 fully saturated rings. The number of benzene rings is 1. The summed E-state index contributed by atoms with van der Waals surface area (Å²) in [5.41, 5.74) is 2.07. The Morgan fingerprint density at radius 2 is 2.14 bits per heavy atom. The second-order valence-electron chi connectivity index (χ2n) is 3.00. The maximum atomic E-state index is 8.70. The van der Waals surface area contributed by atoms with Crippen LogP contribution in [0.2, 0.25) is 0 Å². The lowest BCUT2D eigenvalue weighted by Crippen LogP contribution is -1.81. The van der Waals surface area contributed by atoms with Crippen LogP contribution in [0.15, 0.2) is 42.6 Å². The molecule has 1 N–H and O–H groups in total. The third-order valence-electron chi connectivity index (χ3n) is 2.08. The van der Waals surface area contributed by atoms with Crippen molar-refractivity contribution in [3.8, 4) is 0 Å². The van der Waals surface area contributed by atoms with Crippen LogP contribution in [0.4, 0.5) is 0 Å². The fraction of sp³-hybridized carbons (Fsp3) is 0.0833. The van der Waals surface area contributed by atoms with Crippen LogP contribution in [0, 0.1) is 0 Å². The van der Waals surface area contributed by atoms with E-state index in [0.29, 0.717) is 0 Å². The molecule has 2 rings (SSSR count). The Morgan fingerprint density at radius 1 is 1.21 bits per heavy atom. The Labute approximate surface area is 82.5 Å². The summed E-state index contributed by atoms with van der Waals surface area (Å²) in [6, 6.07) is 9.90. The second-order valence-corrected chi connectivity index (χ2v) is 3.00. The zero-order valence-electron chi connectivity index (χ0n) is 7.72. The molecule has 0 saturated carbocycles. The Balaban J connectivity index is 2.59. The molecule has 0 unspecified atom stereocenters. The van der Waals surface area contributed by atoms with Gasteiger partial charge in [0.15, 0.2) is 0 Å². The zero-order chi connectivity index (χ0) is 9.80. The minimum absolute atomic E-state index is 0.0661. The molecule has 1 aromatic heterocycles.